The first-order chi connectivity index (χ1) is 11.5. The van der Waals surface area contributed by atoms with Gasteiger partial charge in [-0.25, -0.2) is 0 Å². The molecular formula is C18H11NO4S. The van der Waals surface area contributed by atoms with Gasteiger partial charge in [0.25, 0.3) is 0 Å². The molecule has 0 aromatic heterocycles. The molecule has 1 heterocycles. The molecule has 1 aliphatic heterocycles. The number of ether oxygens (including phenoxy) is 1. The number of aromatic hydroxyl groups is 2. The number of nitriles is 1. The highest BCUT2D eigenvalue weighted by Gasteiger charge is 2.18. The first-order valence-corrected chi connectivity index (χ1v) is 7.41. The molecule has 0 unspecified atom stereocenters. The van der Waals surface area contributed by atoms with E-state index in [2.05, 4.69) is 0 Å². The van der Waals surface area contributed by atoms with Crippen molar-refractivity contribution in [1.29, 1.82) is 5.26 Å². The van der Waals surface area contributed by atoms with Crippen molar-refractivity contribution in [3.05, 3.63) is 58.7 Å². The molecule has 0 radical (unpaired) electrons. The van der Waals surface area contributed by atoms with Gasteiger partial charge in [-0.2, -0.15) is 5.26 Å². The van der Waals surface area contributed by atoms with E-state index in [9.17, 15) is 20.3 Å². The number of Topliss-reactive ketones (excluding diaryl/α,β-unsaturated/α-hetero) is 1. The molecule has 0 aliphatic carbocycles. The zero-order valence-corrected chi connectivity index (χ0v) is 13.1. The topological polar surface area (TPSA) is 90.5 Å². The van der Waals surface area contributed by atoms with Crippen LogP contribution in [-0.4, -0.2) is 21.0 Å². The van der Waals surface area contributed by atoms with E-state index in [4.69, 9.17) is 17.0 Å². The van der Waals surface area contributed by atoms with Crippen molar-refractivity contribution in [1.82, 2.24) is 0 Å². The number of nitrogens with zero attached hydrogens (tertiary/aromatic N) is 1. The van der Waals surface area contributed by atoms with E-state index < -0.39 is 11.5 Å². The fourth-order valence-corrected chi connectivity index (χ4v) is 2.62. The molecule has 5 nitrogen and oxygen atoms in total. The third kappa shape index (κ3) is 2.98. The van der Waals surface area contributed by atoms with E-state index in [1.807, 2.05) is 12.1 Å². The van der Waals surface area contributed by atoms with Crippen LogP contribution in [0.4, 0.5) is 0 Å². The molecule has 2 N–H and O–H groups in total. The summed E-state index contributed by atoms with van der Waals surface area (Å²) in [6.07, 6.45) is 1.99. The summed E-state index contributed by atoms with van der Waals surface area (Å²) in [6, 6.07) is 10.8. The fraction of sp³-hybridized carbons (Fsp3) is 0.0556. The maximum atomic E-state index is 12.4. The largest absolute Gasteiger partial charge is 0.504 e. The summed E-state index contributed by atoms with van der Waals surface area (Å²) in [5, 5.41) is 28.6. The van der Waals surface area contributed by atoms with Gasteiger partial charge in [0, 0.05) is 17.5 Å². The Morgan fingerprint density at radius 2 is 2.00 bits per heavy atom. The summed E-state index contributed by atoms with van der Waals surface area (Å²) < 4.78 is 5.36. The van der Waals surface area contributed by atoms with Crippen molar-refractivity contribution in [2.75, 3.05) is 0 Å². The summed E-state index contributed by atoms with van der Waals surface area (Å²) in [5.41, 5.74) is 1.61. The van der Waals surface area contributed by atoms with E-state index in [0.717, 1.165) is 11.6 Å². The van der Waals surface area contributed by atoms with Crippen molar-refractivity contribution in [3.63, 3.8) is 0 Å². The highest BCUT2D eigenvalue weighted by molar-refractivity contribution is 7.80. The number of carbonyl (C=O) groups is 1. The molecule has 6 heteroatoms. The summed E-state index contributed by atoms with van der Waals surface area (Å²) in [5.74, 6) is -0.601. The summed E-state index contributed by atoms with van der Waals surface area (Å²) in [4.78, 5) is 12.4. The van der Waals surface area contributed by atoms with Crippen LogP contribution in [0.5, 0.6) is 17.2 Å². The number of rotatable bonds is 3. The van der Waals surface area contributed by atoms with Crippen molar-refractivity contribution < 1.29 is 19.7 Å². The van der Waals surface area contributed by atoms with Gasteiger partial charge in [-0.3, -0.25) is 4.79 Å². The number of benzene rings is 2. The van der Waals surface area contributed by atoms with Crippen LogP contribution in [0.15, 0.2) is 42.0 Å². The van der Waals surface area contributed by atoms with Gasteiger partial charge in [0.1, 0.15) is 17.4 Å². The lowest BCUT2D eigenvalue weighted by Crippen LogP contribution is -2.01. The van der Waals surface area contributed by atoms with Crippen LogP contribution >= 0.6 is 12.2 Å². The monoisotopic (exact) mass is 337 g/mol. The average molecular weight is 337 g/mol. The number of phenolic OH excluding ortho intramolecular Hbond substituents is 2. The van der Waals surface area contributed by atoms with Crippen LogP contribution in [0.3, 0.4) is 0 Å². The molecule has 0 spiro atoms. The normalized spacial score (nSPS) is 13.1. The molecule has 118 valence electrons. The predicted octanol–water partition coefficient (Wildman–Crippen LogP) is 3.15. The van der Waals surface area contributed by atoms with Crippen molar-refractivity contribution >= 4 is 29.1 Å². The quantitative estimate of drug-likeness (QED) is 0.294. The zero-order valence-electron chi connectivity index (χ0n) is 12.3. The van der Waals surface area contributed by atoms with Crippen LogP contribution in [0.25, 0.3) is 6.08 Å². The van der Waals surface area contributed by atoms with Crippen LogP contribution in [0.2, 0.25) is 0 Å². The third-order valence-electron chi connectivity index (χ3n) is 3.56. The lowest BCUT2D eigenvalue weighted by Gasteiger charge is -2.03. The Morgan fingerprint density at radius 3 is 2.71 bits per heavy atom. The van der Waals surface area contributed by atoms with Crippen molar-refractivity contribution in [3.8, 4) is 23.3 Å². The second-order valence-corrected chi connectivity index (χ2v) is 5.68. The van der Waals surface area contributed by atoms with Crippen molar-refractivity contribution in [2.24, 2.45) is 0 Å². The Labute approximate surface area is 143 Å². The SMILES string of the molecule is N#C/C(=C\c1ccc2c(c1)CC(=S)O2)C(=O)c1ccc(O)c(O)c1. The molecule has 0 atom stereocenters. The Bertz CT molecular complexity index is 941. The number of fused-ring (bicyclic) bond motifs is 1. The number of hydrogen-bond donors (Lipinski definition) is 2. The number of carbonyl (C=O) groups excluding carboxylic acids is 1. The molecule has 0 saturated carbocycles. The molecule has 1 aliphatic rings. The number of ketones is 1. The predicted molar refractivity (Wildman–Crippen MR) is 91.1 cm³/mol. The van der Waals surface area contributed by atoms with E-state index >= 15 is 0 Å². The zero-order chi connectivity index (χ0) is 17.3. The molecule has 0 amide bonds. The first kappa shape index (κ1) is 15.7. The smallest absolute Gasteiger partial charge is 0.203 e. The maximum Gasteiger partial charge on any atom is 0.203 e. The number of hydrogen-bond acceptors (Lipinski definition) is 6. The Balaban J connectivity index is 1.94. The van der Waals surface area contributed by atoms with Crippen molar-refractivity contribution in [2.45, 2.75) is 6.42 Å². The molecule has 24 heavy (non-hydrogen) atoms. The lowest BCUT2D eigenvalue weighted by atomic mass is 10.0. The van der Waals surface area contributed by atoms with E-state index in [1.54, 1.807) is 12.1 Å². The second kappa shape index (κ2) is 6.14. The van der Waals surface area contributed by atoms with Gasteiger partial charge in [0.05, 0.1) is 0 Å². The summed E-state index contributed by atoms with van der Waals surface area (Å²) in [7, 11) is 0. The van der Waals surface area contributed by atoms with Crippen LogP contribution in [0.1, 0.15) is 21.5 Å². The molecule has 3 rings (SSSR count). The fourth-order valence-electron chi connectivity index (χ4n) is 2.38. The van der Waals surface area contributed by atoms with E-state index in [0.29, 0.717) is 22.8 Å². The minimum atomic E-state index is -0.542. The summed E-state index contributed by atoms with van der Waals surface area (Å²) in [6.45, 7) is 0. The van der Waals surface area contributed by atoms with Gasteiger partial charge in [0.2, 0.25) is 5.78 Å². The first-order valence-electron chi connectivity index (χ1n) is 7.00. The maximum absolute atomic E-state index is 12.4. The average Bonchev–Trinajstić information content (AvgIpc) is 2.93. The Morgan fingerprint density at radius 1 is 1.21 bits per heavy atom. The number of phenols is 2. The minimum absolute atomic E-state index is 0.0819. The van der Waals surface area contributed by atoms with Gasteiger partial charge < -0.3 is 14.9 Å². The molecule has 0 saturated heterocycles. The summed E-state index contributed by atoms with van der Waals surface area (Å²) >= 11 is 5.02. The van der Waals surface area contributed by atoms with Gasteiger partial charge in [0.15, 0.2) is 16.5 Å². The molecular weight excluding hydrogens is 326 g/mol. The molecule has 2 aromatic carbocycles. The highest BCUT2D eigenvalue weighted by Crippen LogP contribution is 2.29. The lowest BCUT2D eigenvalue weighted by molar-refractivity contribution is 0.103. The van der Waals surface area contributed by atoms with Gasteiger partial charge in [-0.15, -0.1) is 0 Å². The number of thiocarbonyl (C=S) groups is 1. The van der Waals surface area contributed by atoms with Crippen LogP contribution in [0, 0.1) is 11.3 Å². The van der Waals surface area contributed by atoms with Gasteiger partial charge in [-0.05, 0) is 54.2 Å². The second-order valence-electron chi connectivity index (χ2n) is 5.22. The van der Waals surface area contributed by atoms with Gasteiger partial charge in [-0.1, -0.05) is 6.07 Å². The van der Waals surface area contributed by atoms with Crippen LogP contribution < -0.4 is 4.74 Å². The van der Waals surface area contributed by atoms with Gasteiger partial charge >= 0.3 is 0 Å². The third-order valence-corrected chi connectivity index (χ3v) is 3.78. The van der Waals surface area contributed by atoms with Crippen LogP contribution in [-0.2, 0) is 6.42 Å². The van der Waals surface area contributed by atoms with E-state index in [1.165, 1.54) is 18.2 Å². The standard InChI is InChI=1S/C18H11NO4S/c19-9-13(18(22)11-2-3-14(20)15(21)7-11)6-10-1-4-16-12(5-10)8-17(24)23-16/h1-7,20-21H,8H2/b13-6+. The molecule has 0 bridgehead atoms. The number of allylic oxidation sites excluding steroid dienone is 1. The highest BCUT2D eigenvalue weighted by atomic mass is 32.1. The molecule has 0 fully saturated rings. The Hall–Kier alpha value is -3.17. The molecule has 2 aromatic rings. The minimum Gasteiger partial charge on any atom is -0.504 e. The Kier molecular flexibility index (Phi) is 4.02. The van der Waals surface area contributed by atoms with E-state index in [-0.39, 0.29) is 16.9 Å².